The molecule has 1 unspecified atom stereocenters. The molecule has 1 atom stereocenters. The summed E-state index contributed by atoms with van der Waals surface area (Å²) >= 11 is 0. The fourth-order valence-corrected chi connectivity index (χ4v) is 3.36. The van der Waals surface area contributed by atoms with E-state index in [1.165, 1.54) is 10.8 Å². The molecule has 8 heteroatoms. The molecule has 24 heavy (non-hydrogen) atoms. The standard InChI is InChI=1S/C16H17N3O4S/c1-11(14-8-5-9-23-14)17-15(20)10-19-13-7-4-3-6-12(13)18-16(19)24(2,21)22/h3-9,11H,10H2,1-2H3,(H,17,20). The molecule has 0 aliphatic heterocycles. The van der Waals surface area contributed by atoms with Crippen molar-refractivity contribution in [1.82, 2.24) is 14.9 Å². The minimum atomic E-state index is -3.56. The van der Waals surface area contributed by atoms with Crippen LogP contribution in [0.5, 0.6) is 0 Å². The zero-order chi connectivity index (χ0) is 17.3. The second kappa shape index (κ2) is 6.12. The van der Waals surface area contributed by atoms with Crippen molar-refractivity contribution in [2.24, 2.45) is 0 Å². The number of fused-ring (bicyclic) bond motifs is 1. The molecule has 0 radical (unpaired) electrons. The molecule has 1 aromatic carbocycles. The number of rotatable bonds is 5. The highest BCUT2D eigenvalue weighted by Crippen LogP contribution is 2.20. The predicted octanol–water partition coefficient (Wildman–Crippen LogP) is 1.91. The molecule has 2 heterocycles. The summed E-state index contributed by atoms with van der Waals surface area (Å²) in [7, 11) is -3.56. The molecule has 0 saturated heterocycles. The van der Waals surface area contributed by atoms with E-state index in [-0.39, 0.29) is 23.7 Å². The van der Waals surface area contributed by atoms with Crippen molar-refractivity contribution < 1.29 is 17.6 Å². The van der Waals surface area contributed by atoms with Gasteiger partial charge in [-0.3, -0.25) is 4.79 Å². The minimum absolute atomic E-state index is 0.121. The van der Waals surface area contributed by atoms with Crippen LogP contribution in [0, 0.1) is 0 Å². The van der Waals surface area contributed by atoms with Gasteiger partial charge in [-0.2, -0.15) is 0 Å². The quantitative estimate of drug-likeness (QED) is 0.761. The van der Waals surface area contributed by atoms with Crippen LogP contribution in [0.2, 0.25) is 0 Å². The highest BCUT2D eigenvalue weighted by atomic mass is 32.2. The molecule has 0 spiro atoms. The van der Waals surface area contributed by atoms with Crippen LogP contribution in [0.15, 0.2) is 52.2 Å². The summed E-state index contributed by atoms with van der Waals surface area (Å²) in [6, 6.07) is 10.2. The largest absolute Gasteiger partial charge is 0.467 e. The highest BCUT2D eigenvalue weighted by molar-refractivity contribution is 7.90. The fraction of sp³-hybridized carbons (Fsp3) is 0.250. The van der Waals surface area contributed by atoms with Crippen molar-refractivity contribution in [2.75, 3.05) is 6.26 Å². The molecule has 7 nitrogen and oxygen atoms in total. The Bertz CT molecular complexity index is 974. The molecule has 1 amide bonds. The molecule has 0 saturated carbocycles. The summed E-state index contributed by atoms with van der Waals surface area (Å²) in [6.45, 7) is 1.65. The van der Waals surface area contributed by atoms with Gasteiger partial charge >= 0.3 is 0 Å². The zero-order valence-corrected chi connectivity index (χ0v) is 14.1. The Hall–Kier alpha value is -2.61. The second-order valence-electron chi connectivity index (χ2n) is 5.55. The monoisotopic (exact) mass is 347 g/mol. The molecule has 2 aromatic heterocycles. The predicted molar refractivity (Wildman–Crippen MR) is 88.1 cm³/mol. The molecule has 0 bridgehead atoms. The third-order valence-corrected chi connectivity index (χ3v) is 4.58. The summed E-state index contributed by atoms with van der Waals surface area (Å²) < 4.78 is 30.6. The van der Waals surface area contributed by atoms with Crippen molar-refractivity contribution in [1.29, 1.82) is 0 Å². The van der Waals surface area contributed by atoms with E-state index in [1.54, 1.807) is 43.3 Å². The van der Waals surface area contributed by atoms with Crippen molar-refractivity contribution in [3.8, 4) is 0 Å². The Labute approximate surface area is 139 Å². The summed E-state index contributed by atoms with van der Waals surface area (Å²) in [5.74, 6) is 0.300. The smallest absolute Gasteiger partial charge is 0.240 e. The van der Waals surface area contributed by atoms with Crippen LogP contribution in [0.25, 0.3) is 11.0 Å². The van der Waals surface area contributed by atoms with Gasteiger partial charge < -0.3 is 14.3 Å². The summed E-state index contributed by atoms with van der Waals surface area (Å²) in [4.78, 5) is 16.5. The number of aromatic nitrogens is 2. The van der Waals surface area contributed by atoms with Gasteiger partial charge in [0.2, 0.25) is 20.9 Å². The number of nitrogens with zero attached hydrogens (tertiary/aromatic N) is 2. The van der Waals surface area contributed by atoms with Crippen molar-refractivity contribution in [2.45, 2.75) is 24.7 Å². The van der Waals surface area contributed by atoms with Crippen LogP contribution < -0.4 is 5.32 Å². The lowest BCUT2D eigenvalue weighted by molar-refractivity contribution is -0.122. The van der Waals surface area contributed by atoms with Gasteiger partial charge in [-0.25, -0.2) is 13.4 Å². The van der Waals surface area contributed by atoms with Crippen LogP contribution in [0.3, 0.4) is 0 Å². The molecule has 3 rings (SSSR count). The van der Waals surface area contributed by atoms with Gasteiger partial charge in [0.05, 0.1) is 23.3 Å². The Kier molecular flexibility index (Phi) is 4.15. The summed E-state index contributed by atoms with van der Waals surface area (Å²) in [5, 5.41) is 2.67. The maximum absolute atomic E-state index is 12.3. The van der Waals surface area contributed by atoms with E-state index in [9.17, 15) is 13.2 Å². The van der Waals surface area contributed by atoms with Crippen molar-refractivity contribution in [3.05, 3.63) is 48.4 Å². The van der Waals surface area contributed by atoms with Crippen LogP contribution >= 0.6 is 0 Å². The first-order valence-corrected chi connectivity index (χ1v) is 9.23. The second-order valence-corrected chi connectivity index (χ2v) is 7.46. The molecule has 1 N–H and O–H groups in total. The molecule has 126 valence electrons. The first kappa shape index (κ1) is 16.3. The molecule has 0 aliphatic carbocycles. The van der Waals surface area contributed by atoms with Crippen molar-refractivity contribution >= 4 is 26.8 Å². The van der Waals surface area contributed by atoms with Crippen LogP contribution in [-0.2, 0) is 21.2 Å². The minimum Gasteiger partial charge on any atom is -0.467 e. The Morgan fingerprint density at radius 1 is 1.29 bits per heavy atom. The first-order valence-electron chi connectivity index (χ1n) is 7.34. The van der Waals surface area contributed by atoms with Crippen molar-refractivity contribution in [3.63, 3.8) is 0 Å². The number of benzene rings is 1. The Balaban J connectivity index is 1.90. The van der Waals surface area contributed by atoms with E-state index in [1.807, 2.05) is 0 Å². The van der Waals surface area contributed by atoms with Gasteiger partial charge in [-0.05, 0) is 31.2 Å². The van der Waals surface area contributed by atoms with Gasteiger partial charge in [0.25, 0.3) is 0 Å². The third kappa shape index (κ3) is 3.18. The molecular weight excluding hydrogens is 330 g/mol. The third-order valence-electron chi connectivity index (χ3n) is 3.60. The maximum atomic E-state index is 12.3. The number of sulfone groups is 1. The van der Waals surface area contributed by atoms with E-state index < -0.39 is 9.84 Å². The van der Waals surface area contributed by atoms with Crippen LogP contribution in [0.1, 0.15) is 18.7 Å². The fourth-order valence-electron chi connectivity index (χ4n) is 2.53. The molecular formula is C16H17N3O4S. The van der Waals surface area contributed by atoms with Crippen LogP contribution in [-0.4, -0.2) is 30.1 Å². The first-order chi connectivity index (χ1) is 11.4. The lowest BCUT2D eigenvalue weighted by Crippen LogP contribution is -2.30. The SMILES string of the molecule is CC(NC(=O)Cn1c(S(C)(=O)=O)nc2ccccc21)c1ccco1. The average molecular weight is 347 g/mol. The number of carbonyl (C=O) groups is 1. The van der Waals surface area contributed by atoms with Crippen LogP contribution in [0.4, 0.5) is 0 Å². The topological polar surface area (TPSA) is 94.2 Å². The number of para-hydroxylation sites is 2. The highest BCUT2D eigenvalue weighted by Gasteiger charge is 2.21. The molecule has 0 fully saturated rings. The number of amides is 1. The normalized spacial score (nSPS) is 13.1. The number of imidazole rings is 1. The van der Waals surface area contributed by atoms with Gasteiger partial charge in [0.15, 0.2) is 0 Å². The van der Waals surface area contributed by atoms with E-state index >= 15 is 0 Å². The van der Waals surface area contributed by atoms with Gasteiger partial charge in [-0.15, -0.1) is 0 Å². The lowest BCUT2D eigenvalue weighted by atomic mass is 10.2. The Morgan fingerprint density at radius 2 is 2.04 bits per heavy atom. The zero-order valence-electron chi connectivity index (χ0n) is 13.3. The number of nitrogens with one attached hydrogen (secondary N) is 1. The summed E-state index contributed by atoms with van der Waals surface area (Å²) in [5.41, 5.74) is 1.13. The average Bonchev–Trinajstić information content (AvgIpc) is 3.15. The maximum Gasteiger partial charge on any atom is 0.240 e. The lowest BCUT2D eigenvalue weighted by Gasteiger charge is -2.13. The van der Waals surface area contributed by atoms with E-state index in [4.69, 9.17) is 4.42 Å². The number of furan rings is 1. The molecule has 3 aromatic rings. The van der Waals surface area contributed by atoms with Gasteiger partial charge in [0, 0.05) is 6.26 Å². The van der Waals surface area contributed by atoms with Gasteiger partial charge in [-0.1, -0.05) is 12.1 Å². The van der Waals surface area contributed by atoms with E-state index in [0.717, 1.165) is 6.26 Å². The van der Waals surface area contributed by atoms with Gasteiger partial charge in [0.1, 0.15) is 12.3 Å². The number of carbonyl (C=O) groups excluding carboxylic acids is 1. The van der Waals surface area contributed by atoms with E-state index in [0.29, 0.717) is 16.8 Å². The summed E-state index contributed by atoms with van der Waals surface area (Å²) in [6.07, 6.45) is 2.61. The number of hydrogen-bond acceptors (Lipinski definition) is 5. The van der Waals surface area contributed by atoms with E-state index in [2.05, 4.69) is 10.3 Å². The number of hydrogen-bond donors (Lipinski definition) is 1. The molecule has 0 aliphatic rings. The Morgan fingerprint density at radius 3 is 2.71 bits per heavy atom.